The molecule has 3 rings (SSSR count). The molecule has 0 saturated carbocycles. The summed E-state index contributed by atoms with van der Waals surface area (Å²) < 4.78 is 0. The van der Waals surface area contributed by atoms with E-state index in [4.69, 9.17) is 0 Å². The van der Waals surface area contributed by atoms with Gasteiger partial charge in [-0.2, -0.15) is 0 Å². The first-order valence-electron chi connectivity index (χ1n) is 5.51. The van der Waals surface area contributed by atoms with Crippen LogP contribution in [0.5, 0.6) is 0 Å². The molecule has 0 aliphatic heterocycles. The Morgan fingerprint density at radius 3 is 3.11 bits per heavy atom. The third kappa shape index (κ3) is 1.78. The van der Waals surface area contributed by atoms with Crippen LogP contribution in [0.2, 0.25) is 0 Å². The molecule has 0 radical (unpaired) electrons. The van der Waals surface area contributed by atoms with Crippen LogP contribution in [0, 0.1) is 0 Å². The number of aromatic nitrogens is 1. The van der Waals surface area contributed by atoms with E-state index in [1.54, 1.807) is 6.07 Å². The first kappa shape index (κ1) is 11.0. The van der Waals surface area contributed by atoms with Crippen molar-refractivity contribution in [1.29, 1.82) is 0 Å². The molecule has 0 atom stereocenters. The lowest BCUT2D eigenvalue weighted by atomic mass is 10.2. The van der Waals surface area contributed by atoms with Gasteiger partial charge in [0.05, 0.1) is 5.39 Å². The molecule has 4 nitrogen and oxygen atoms in total. The van der Waals surface area contributed by atoms with Gasteiger partial charge in [-0.3, -0.25) is 9.59 Å². The topological polar surface area (TPSA) is 62.0 Å². The van der Waals surface area contributed by atoms with Crippen LogP contribution >= 0.6 is 11.3 Å². The Hall–Kier alpha value is -2.14. The van der Waals surface area contributed by atoms with Gasteiger partial charge in [0.1, 0.15) is 10.4 Å². The van der Waals surface area contributed by atoms with E-state index in [0.29, 0.717) is 11.8 Å². The Bertz CT molecular complexity index is 737. The Balaban J connectivity index is 1.96. The van der Waals surface area contributed by atoms with Gasteiger partial charge in [-0.15, -0.1) is 11.3 Å². The number of aromatic amines is 1. The molecule has 90 valence electrons. The van der Waals surface area contributed by atoms with Crippen LogP contribution in [0.4, 0.5) is 0 Å². The van der Waals surface area contributed by atoms with E-state index in [2.05, 4.69) is 10.3 Å². The molecule has 0 aromatic carbocycles. The molecule has 1 amide bonds. The SMILES string of the molecule is O=C(NC1=CC=CC1)c1c[nH]c2sccc2c1=O. The largest absolute Gasteiger partial charge is 0.352 e. The van der Waals surface area contributed by atoms with Crippen molar-refractivity contribution < 1.29 is 4.79 Å². The van der Waals surface area contributed by atoms with Crippen LogP contribution in [0.3, 0.4) is 0 Å². The van der Waals surface area contributed by atoms with Crippen molar-refractivity contribution >= 4 is 27.5 Å². The standard InChI is InChI=1S/C13H10N2O2S/c16-11-9-5-6-18-13(9)14-7-10(11)12(17)15-8-3-1-2-4-8/h1-3,5-7H,4H2,(H,14,16)(H,15,17). The number of fused-ring (bicyclic) bond motifs is 1. The van der Waals surface area contributed by atoms with Crippen LogP contribution in [-0.2, 0) is 0 Å². The number of nitrogens with one attached hydrogen (secondary N) is 2. The maximum Gasteiger partial charge on any atom is 0.260 e. The summed E-state index contributed by atoms with van der Waals surface area (Å²) in [7, 11) is 0. The van der Waals surface area contributed by atoms with Gasteiger partial charge in [0.2, 0.25) is 5.43 Å². The molecule has 0 saturated heterocycles. The third-order valence-electron chi connectivity index (χ3n) is 2.79. The highest BCUT2D eigenvalue weighted by Gasteiger charge is 2.14. The number of carbonyl (C=O) groups is 1. The van der Waals surface area contributed by atoms with E-state index in [9.17, 15) is 9.59 Å². The highest BCUT2D eigenvalue weighted by molar-refractivity contribution is 7.16. The fraction of sp³-hybridized carbons (Fsp3) is 0.0769. The lowest BCUT2D eigenvalue weighted by Crippen LogP contribution is -2.27. The van der Waals surface area contributed by atoms with Crippen molar-refractivity contribution in [2.45, 2.75) is 6.42 Å². The third-order valence-corrected chi connectivity index (χ3v) is 3.64. The summed E-state index contributed by atoms with van der Waals surface area (Å²) in [6, 6.07) is 1.73. The minimum atomic E-state index is -0.362. The first-order valence-corrected chi connectivity index (χ1v) is 6.39. The maximum atomic E-state index is 12.1. The zero-order chi connectivity index (χ0) is 12.5. The molecule has 0 spiro atoms. The number of thiophene rings is 1. The summed E-state index contributed by atoms with van der Waals surface area (Å²) >= 11 is 1.45. The Morgan fingerprint density at radius 2 is 2.33 bits per heavy atom. The number of amides is 1. The molecule has 1 aliphatic carbocycles. The fourth-order valence-corrected chi connectivity index (χ4v) is 2.62. The number of allylic oxidation sites excluding steroid dienone is 3. The first-order chi connectivity index (χ1) is 8.75. The minimum Gasteiger partial charge on any atom is -0.352 e. The Morgan fingerprint density at radius 1 is 1.44 bits per heavy atom. The van der Waals surface area contributed by atoms with Crippen LogP contribution < -0.4 is 10.7 Å². The quantitative estimate of drug-likeness (QED) is 0.867. The number of hydrogen-bond donors (Lipinski definition) is 2. The van der Waals surface area contributed by atoms with Crippen molar-refractivity contribution in [3.63, 3.8) is 0 Å². The lowest BCUT2D eigenvalue weighted by molar-refractivity contribution is 0.0964. The highest BCUT2D eigenvalue weighted by Crippen LogP contribution is 2.15. The average molecular weight is 258 g/mol. The highest BCUT2D eigenvalue weighted by atomic mass is 32.1. The summed E-state index contributed by atoms with van der Waals surface area (Å²) in [4.78, 5) is 27.8. The Labute approximate surface area is 107 Å². The van der Waals surface area contributed by atoms with Gasteiger partial charge in [-0.25, -0.2) is 0 Å². The van der Waals surface area contributed by atoms with E-state index in [-0.39, 0.29) is 16.9 Å². The molecular weight excluding hydrogens is 248 g/mol. The van der Waals surface area contributed by atoms with E-state index in [1.165, 1.54) is 17.5 Å². The van der Waals surface area contributed by atoms with E-state index < -0.39 is 0 Å². The van der Waals surface area contributed by atoms with Gasteiger partial charge in [-0.05, 0) is 17.5 Å². The van der Waals surface area contributed by atoms with Gasteiger partial charge >= 0.3 is 0 Å². The second-order valence-corrected chi connectivity index (χ2v) is 4.89. The molecule has 2 aromatic rings. The van der Waals surface area contributed by atoms with Gasteiger partial charge in [0.25, 0.3) is 5.91 Å². The molecule has 2 N–H and O–H groups in total. The molecular formula is C13H10N2O2S. The summed E-state index contributed by atoms with van der Waals surface area (Å²) in [6.07, 6.45) is 7.82. The summed E-state index contributed by atoms with van der Waals surface area (Å²) in [5, 5.41) is 5.12. The zero-order valence-corrected chi connectivity index (χ0v) is 10.2. The number of H-pyrrole nitrogens is 1. The normalized spacial score (nSPS) is 13.9. The smallest absolute Gasteiger partial charge is 0.260 e. The van der Waals surface area contributed by atoms with Crippen molar-refractivity contribution in [3.05, 3.63) is 57.4 Å². The minimum absolute atomic E-state index is 0.147. The fourth-order valence-electron chi connectivity index (χ4n) is 1.87. The summed E-state index contributed by atoms with van der Waals surface area (Å²) in [6.45, 7) is 0. The molecule has 0 fully saturated rings. The molecule has 1 aliphatic rings. The maximum absolute atomic E-state index is 12.1. The van der Waals surface area contributed by atoms with Crippen molar-refractivity contribution in [1.82, 2.24) is 10.3 Å². The number of carbonyl (C=O) groups excluding carboxylic acids is 1. The monoisotopic (exact) mass is 258 g/mol. The summed E-state index contributed by atoms with van der Waals surface area (Å²) in [5.74, 6) is -0.362. The van der Waals surface area contributed by atoms with Crippen LogP contribution in [0.1, 0.15) is 16.8 Å². The Kier molecular flexibility index (Phi) is 2.60. The average Bonchev–Trinajstić information content (AvgIpc) is 2.99. The second-order valence-electron chi connectivity index (χ2n) is 3.97. The van der Waals surface area contributed by atoms with Crippen molar-refractivity contribution in [3.8, 4) is 0 Å². The lowest BCUT2D eigenvalue weighted by Gasteiger charge is -2.05. The van der Waals surface area contributed by atoms with E-state index >= 15 is 0 Å². The van der Waals surface area contributed by atoms with Gasteiger partial charge in [0.15, 0.2) is 0 Å². The zero-order valence-electron chi connectivity index (χ0n) is 9.40. The molecule has 2 heterocycles. The van der Waals surface area contributed by atoms with Crippen molar-refractivity contribution in [2.24, 2.45) is 0 Å². The molecule has 18 heavy (non-hydrogen) atoms. The van der Waals surface area contributed by atoms with Gasteiger partial charge < -0.3 is 10.3 Å². The predicted octanol–water partition coefficient (Wildman–Crippen LogP) is 2.16. The predicted molar refractivity (Wildman–Crippen MR) is 71.8 cm³/mol. The number of pyridine rings is 1. The molecule has 0 bridgehead atoms. The van der Waals surface area contributed by atoms with Gasteiger partial charge in [0, 0.05) is 18.3 Å². The van der Waals surface area contributed by atoms with E-state index in [1.807, 2.05) is 23.6 Å². The van der Waals surface area contributed by atoms with Crippen LogP contribution in [0.15, 0.2) is 46.4 Å². The van der Waals surface area contributed by atoms with Crippen LogP contribution in [0.25, 0.3) is 10.2 Å². The molecule has 2 aromatic heterocycles. The van der Waals surface area contributed by atoms with Gasteiger partial charge in [-0.1, -0.05) is 12.2 Å². The second kappa shape index (κ2) is 4.27. The van der Waals surface area contributed by atoms with Crippen LogP contribution in [-0.4, -0.2) is 10.9 Å². The molecule has 0 unspecified atom stereocenters. The number of rotatable bonds is 2. The summed E-state index contributed by atoms with van der Waals surface area (Å²) in [5.41, 5.74) is 0.729. The van der Waals surface area contributed by atoms with Crippen molar-refractivity contribution in [2.75, 3.05) is 0 Å². The van der Waals surface area contributed by atoms with E-state index in [0.717, 1.165) is 10.5 Å². The molecule has 5 heteroatoms. The number of hydrogen-bond acceptors (Lipinski definition) is 3.